The summed E-state index contributed by atoms with van der Waals surface area (Å²) in [6.45, 7) is 0.961. The Labute approximate surface area is 171 Å². The summed E-state index contributed by atoms with van der Waals surface area (Å²) in [4.78, 5) is 27.6. The Hall–Kier alpha value is -3.23. The number of benzene rings is 2. The molecule has 30 heavy (non-hydrogen) atoms. The van der Waals surface area contributed by atoms with Gasteiger partial charge in [0.2, 0.25) is 0 Å². The van der Waals surface area contributed by atoms with E-state index in [1.165, 1.54) is 19.2 Å². The molecule has 2 aromatic rings. The zero-order valence-electron chi connectivity index (χ0n) is 16.5. The van der Waals surface area contributed by atoms with Crippen molar-refractivity contribution < 1.29 is 32.2 Å². The van der Waals surface area contributed by atoms with Crippen molar-refractivity contribution in [3.8, 4) is 5.75 Å². The number of ether oxygens (including phenoxy) is 2. The van der Waals surface area contributed by atoms with Gasteiger partial charge in [0.05, 0.1) is 30.9 Å². The van der Waals surface area contributed by atoms with Crippen molar-refractivity contribution in [1.82, 2.24) is 4.90 Å². The van der Waals surface area contributed by atoms with Crippen LogP contribution in [0, 0.1) is 0 Å². The topological polar surface area (TPSA) is 59.1 Å². The minimum absolute atomic E-state index is 0.0282. The fourth-order valence-corrected chi connectivity index (χ4v) is 3.43. The van der Waals surface area contributed by atoms with Gasteiger partial charge in [0.1, 0.15) is 5.75 Å². The molecule has 2 aromatic carbocycles. The van der Waals surface area contributed by atoms with E-state index in [0.717, 1.165) is 13.2 Å². The summed E-state index contributed by atoms with van der Waals surface area (Å²) in [6.07, 6.45) is -4.64. The molecule has 1 heterocycles. The van der Waals surface area contributed by atoms with Crippen molar-refractivity contribution in [3.05, 3.63) is 59.2 Å². The molecule has 0 aliphatic carbocycles. The molecule has 1 aliphatic heterocycles. The zero-order valence-corrected chi connectivity index (χ0v) is 16.5. The van der Waals surface area contributed by atoms with E-state index < -0.39 is 17.7 Å². The smallest absolute Gasteiger partial charge is 0.418 e. The number of carbonyl (C=O) groups is 2. The number of esters is 1. The van der Waals surface area contributed by atoms with Crippen molar-refractivity contribution in [2.45, 2.75) is 6.18 Å². The number of amides is 1. The summed E-state index contributed by atoms with van der Waals surface area (Å²) in [6, 6.07) is 10.2. The standard InChI is InChI=1S/C21H21F3N2O4/c1-29-18-6-4-3-5-15(18)19(27)26-11-9-25(10-12-26)17-8-7-14(20(28)30-2)13-16(17)21(22,23)24/h3-8,13H,9-12H2,1-2H3. The summed E-state index contributed by atoms with van der Waals surface area (Å²) < 4.78 is 50.5. The van der Waals surface area contributed by atoms with Gasteiger partial charge in [-0.05, 0) is 30.3 Å². The van der Waals surface area contributed by atoms with Gasteiger partial charge in [-0.2, -0.15) is 13.2 Å². The van der Waals surface area contributed by atoms with Crippen molar-refractivity contribution in [1.29, 1.82) is 0 Å². The lowest BCUT2D eigenvalue weighted by molar-refractivity contribution is -0.137. The van der Waals surface area contributed by atoms with Crippen LogP contribution in [-0.2, 0) is 10.9 Å². The number of hydrogen-bond donors (Lipinski definition) is 0. The molecule has 0 spiro atoms. The SMILES string of the molecule is COC(=O)c1ccc(N2CCN(C(=O)c3ccccc3OC)CC2)c(C(F)(F)F)c1. The maximum absolute atomic E-state index is 13.6. The second-order valence-electron chi connectivity index (χ2n) is 6.70. The van der Waals surface area contributed by atoms with Crippen molar-refractivity contribution >= 4 is 17.6 Å². The second kappa shape index (κ2) is 8.64. The number of nitrogens with zero attached hydrogens (tertiary/aromatic N) is 2. The van der Waals surface area contributed by atoms with Crippen molar-refractivity contribution in [2.24, 2.45) is 0 Å². The summed E-state index contributed by atoms with van der Waals surface area (Å²) in [5.74, 6) is -0.619. The fourth-order valence-electron chi connectivity index (χ4n) is 3.43. The van der Waals surface area contributed by atoms with Crippen LogP contribution >= 0.6 is 0 Å². The number of methoxy groups -OCH3 is 2. The first-order valence-corrected chi connectivity index (χ1v) is 9.23. The Morgan fingerprint density at radius 2 is 1.63 bits per heavy atom. The molecule has 160 valence electrons. The highest BCUT2D eigenvalue weighted by molar-refractivity contribution is 5.97. The molecular formula is C21H21F3N2O4. The monoisotopic (exact) mass is 422 g/mol. The third-order valence-electron chi connectivity index (χ3n) is 4.97. The quantitative estimate of drug-likeness (QED) is 0.707. The van der Waals surface area contributed by atoms with E-state index >= 15 is 0 Å². The fraction of sp³-hybridized carbons (Fsp3) is 0.333. The number of rotatable bonds is 4. The first kappa shape index (κ1) is 21.5. The largest absolute Gasteiger partial charge is 0.496 e. The van der Waals surface area contributed by atoms with Crippen LogP contribution in [0.4, 0.5) is 18.9 Å². The Balaban J connectivity index is 1.79. The van der Waals surface area contributed by atoms with Gasteiger partial charge in [-0.15, -0.1) is 0 Å². The van der Waals surface area contributed by atoms with E-state index in [2.05, 4.69) is 4.74 Å². The number of piperazine rings is 1. The van der Waals surface area contributed by atoms with Crippen molar-refractivity contribution in [2.75, 3.05) is 45.3 Å². The number of hydrogen-bond acceptors (Lipinski definition) is 5. The maximum atomic E-state index is 13.6. The predicted molar refractivity (Wildman–Crippen MR) is 104 cm³/mol. The summed E-state index contributed by atoms with van der Waals surface area (Å²) >= 11 is 0. The molecule has 1 aliphatic rings. The lowest BCUT2D eigenvalue weighted by atomic mass is 10.1. The number of anilines is 1. The van der Waals surface area contributed by atoms with Crippen LogP contribution in [0.2, 0.25) is 0 Å². The van der Waals surface area contributed by atoms with E-state index in [-0.39, 0.29) is 43.3 Å². The molecule has 1 fully saturated rings. The van der Waals surface area contributed by atoms with Gasteiger partial charge < -0.3 is 19.3 Å². The molecule has 0 N–H and O–H groups in total. The minimum atomic E-state index is -4.64. The first-order chi connectivity index (χ1) is 14.3. The highest BCUT2D eigenvalue weighted by atomic mass is 19.4. The van der Waals surface area contributed by atoms with Crippen LogP contribution in [0.15, 0.2) is 42.5 Å². The summed E-state index contributed by atoms with van der Waals surface area (Å²) in [5, 5.41) is 0. The number of halogens is 3. The number of alkyl halides is 3. The molecule has 0 radical (unpaired) electrons. The molecule has 0 atom stereocenters. The lowest BCUT2D eigenvalue weighted by Crippen LogP contribution is -2.49. The maximum Gasteiger partial charge on any atom is 0.418 e. The Kier molecular flexibility index (Phi) is 6.19. The van der Waals surface area contributed by atoms with Crippen LogP contribution in [0.25, 0.3) is 0 Å². The number of carbonyl (C=O) groups excluding carboxylic acids is 2. The van der Waals surface area contributed by atoms with Gasteiger partial charge in [-0.25, -0.2) is 4.79 Å². The average Bonchev–Trinajstić information content (AvgIpc) is 2.77. The van der Waals surface area contributed by atoms with E-state index in [4.69, 9.17) is 4.74 Å². The second-order valence-corrected chi connectivity index (χ2v) is 6.70. The van der Waals surface area contributed by atoms with Crippen LogP contribution < -0.4 is 9.64 Å². The zero-order chi connectivity index (χ0) is 21.9. The van der Waals surface area contributed by atoms with Gasteiger partial charge >= 0.3 is 12.1 Å². The van der Waals surface area contributed by atoms with Gasteiger partial charge in [-0.3, -0.25) is 4.79 Å². The molecule has 0 saturated carbocycles. The van der Waals surface area contributed by atoms with Gasteiger partial charge in [0.25, 0.3) is 5.91 Å². The molecule has 3 rings (SSSR count). The third kappa shape index (κ3) is 4.34. The minimum Gasteiger partial charge on any atom is -0.496 e. The highest BCUT2D eigenvalue weighted by Crippen LogP contribution is 2.38. The summed E-state index contributed by atoms with van der Waals surface area (Å²) in [7, 11) is 2.59. The lowest BCUT2D eigenvalue weighted by Gasteiger charge is -2.37. The molecular weight excluding hydrogens is 401 g/mol. The first-order valence-electron chi connectivity index (χ1n) is 9.23. The molecule has 0 unspecified atom stereocenters. The van der Waals surface area contributed by atoms with E-state index in [1.807, 2.05) is 0 Å². The molecule has 0 aromatic heterocycles. The molecule has 0 bridgehead atoms. The number of para-hydroxylation sites is 1. The van der Waals surface area contributed by atoms with Crippen molar-refractivity contribution in [3.63, 3.8) is 0 Å². The molecule has 1 saturated heterocycles. The van der Waals surface area contributed by atoms with Crippen LogP contribution in [0.3, 0.4) is 0 Å². The predicted octanol–water partition coefficient (Wildman–Crippen LogP) is 3.46. The Morgan fingerprint density at radius 1 is 0.967 bits per heavy atom. The van der Waals surface area contributed by atoms with E-state index in [1.54, 1.807) is 34.1 Å². The highest BCUT2D eigenvalue weighted by Gasteiger charge is 2.36. The Bertz CT molecular complexity index is 938. The van der Waals surface area contributed by atoms with Gasteiger partial charge in [-0.1, -0.05) is 12.1 Å². The molecule has 1 amide bonds. The molecule has 9 heteroatoms. The van der Waals surface area contributed by atoms with Crippen LogP contribution in [0.1, 0.15) is 26.3 Å². The van der Waals surface area contributed by atoms with Crippen LogP contribution in [0.5, 0.6) is 5.75 Å². The summed E-state index contributed by atoms with van der Waals surface area (Å²) in [5.41, 5.74) is -0.695. The van der Waals surface area contributed by atoms with Gasteiger partial charge in [0, 0.05) is 31.9 Å². The van der Waals surface area contributed by atoms with Gasteiger partial charge in [0.15, 0.2) is 0 Å². The molecule has 6 nitrogen and oxygen atoms in total. The van der Waals surface area contributed by atoms with Crippen LogP contribution in [-0.4, -0.2) is 57.2 Å². The van der Waals surface area contributed by atoms with E-state index in [0.29, 0.717) is 11.3 Å². The normalized spacial score (nSPS) is 14.4. The van der Waals surface area contributed by atoms with E-state index in [9.17, 15) is 22.8 Å². The Morgan fingerprint density at radius 3 is 2.23 bits per heavy atom. The third-order valence-corrected chi connectivity index (χ3v) is 4.97. The average molecular weight is 422 g/mol.